The van der Waals surface area contributed by atoms with Gasteiger partial charge >= 0.3 is 0 Å². The number of likely N-dealkylation sites (N-methyl/N-ethyl adjacent to an activating group) is 1. The van der Waals surface area contributed by atoms with E-state index in [-0.39, 0.29) is 0 Å². The fourth-order valence-electron chi connectivity index (χ4n) is 3.94. The molecule has 1 aromatic heterocycles. The van der Waals surface area contributed by atoms with E-state index >= 15 is 0 Å². The SMILES string of the molecule is CC(C)N1CCN2c3ncc(N4CCN(C)CC4)cc3SC[C@@H]2C1. The Balaban J connectivity index is 1.51. The fourth-order valence-corrected chi connectivity index (χ4v) is 5.10. The van der Waals surface area contributed by atoms with Gasteiger partial charge in [-0.2, -0.15) is 0 Å². The summed E-state index contributed by atoms with van der Waals surface area (Å²) in [5.74, 6) is 2.40. The largest absolute Gasteiger partial charge is 0.368 e. The van der Waals surface area contributed by atoms with E-state index in [1.165, 1.54) is 28.7 Å². The summed E-state index contributed by atoms with van der Waals surface area (Å²) >= 11 is 2.00. The molecule has 2 fully saturated rings. The number of pyridine rings is 1. The van der Waals surface area contributed by atoms with Gasteiger partial charge in [0.25, 0.3) is 0 Å². The van der Waals surface area contributed by atoms with E-state index < -0.39 is 0 Å². The molecule has 0 bridgehead atoms. The zero-order chi connectivity index (χ0) is 16.7. The Kier molecular flexibility index (Phi) is 4.62. The number of fused-ring (bicyclic) bond motifs is 3. The fraction of sp³-hybridized carbons (Fsp3) is 0.722. The maximum absolute atomic E-state index is 4.90. The van der Waals surface area contributed by atoms with Crippen molar-refractivity contribution in [1.29, 1.82) is 0 Å². The van der Waals surface area contributed by atoms with Gasteiger partial charge in [-0.1, -0.05) is 0 Å². The first-order valence-electron chi connectivity index (χ1n) is 9.19. The zero-order valence-corrected chi connectivity index (χ0v) is 15.9. The molecule has 1 atom stereocenters. The van der Waals surface area contributed by atoms with Crippen molar-refractivity contribution in [1.82, 2.24) is 14.8 Å². The van der Waals surface area contributed by atoms with Crippen LogP contribution in [0.2, 0.25) is 0 Å². The minimum atomic E-state index is 0.612. The van der Waals surface area contributed by atoms with Crippen LogP contribution in [0.3, 0.4) is 0 Å². The van der Waals surface area contributed by atoms with E-state index in [4.69, 9.17) is 4.98 Å². The van der Waals surface area contributed by atoms with E-state index in [2.05, 4.69) is 52.8 Å². The van der Waals surface area contributed by atoms with Crippen LogP contribution in [0.15, 0.2) is 17.2 Å². The van der Waals surface area contributed by atoms with Crippen LogP contribution in [0.4, 0.5) is 11.5 Å². The van der Waals surface area contributed by atoms with Crippen molar-refractivity contribution in [3.63, 3.8) is 0 Å². The van der Waals surface area contributed by atoms with E-state index in [0.29, 0.717) is 12.1 Å². The van der Waals surface area contributed by atoms with Crippen LogP contribution in [-0.2, 0) is 0 Å². The number of hydrogen-bond acceptors (Lipinski definition) is 6. The van der Waals surface area contributed by atoms with Gasteiger partial charge in [-0.15, -0.1) is 11.8 Å². The lowest BCUT2D eigenvalue weighted by Gasteiger charge is -2.46. The molecule has 0 aliphatic carbocycles. The van der Waals surface area contributed by atoms with Crippen molar-refractivity contribution in [3.8, 4) is 0 Å². The Morgan fingerprint density at radius 1 is 1.12 bits per heavy atom. The van der Waals surface area contributed by atoms with Gasteiger partial charge in [0.05, 0.1) is 22.8 Å². The average Bonchev–Trinajstić information content (AvgIpc) is 2.61. The number of anilines is 2. The Labute approximate surface area is 150 Å². The average molecular weight is 348 g/mol. The highest BCUT2D eigenvalue weighted by Gasteiger charge is 2.34. The highest BCUT2D eigenvalue weighted by Crippen LogP contribution is 2.39. The molecule has 0 saturated carbocycles. The quantitative estimate of drug-likeness (QED) is 0.810. The van der Waals surface area contributed by atoms with Gasteiger partial charge < -0.3 is 14.7 Å². The van der Waals surface area contributed by atoms with Gasteiger partial charge in [0.15, 0.2) is 0 Å². The Hall–Kier alpha value is -0.980. The maximum atomic E-state index is 4.90. The Bertz CT molecular complexity index is 585. The van der Waals surface area contributed by atoms with E-state index in [1.54, 1.807) is 0 Å². The molecular formula is C18H29N5S. The molecule has 0 aromatic carbocycles. The van der Waals surface area contributed by atoms with Gasteiger partial charge in [-0.3, -0.25) is 4.90 Å². The molecule has 0 amide bonds. The summed E-state index contributed by atoms with van der Waals surface area (Å²) in [6.45, 7) is 12.5. The molecule has 0 unspecified atom stereocenters. The summed E-state index contributed by atoms with van der Waals surface area (Å²) < 4.78 is 0. The highest BCUT2D eigenvalue weighted by molar-refractivity contribution is 7.99. The first-order chi connectivity index (χ1) is 11.6. The molecule has 132 valence electrons. The second-order valence-electron chi connectivity index (χ2n) is 7.55. The summed E-state index contributed by atoms with van der Waals surface area (Å²) in [7, 11) is 2.20. The Morgan fingerprint density at radius 3 is 2.67 bits per heavy atom. The molecule has 5 nitrogen and oxygen atoms in total. The third-order valence-corrected chi connectivity index (χ3v) is 6.80. The van der Waals surface area contributed by atoms with Crippen molar-refractivity contribution >= 4 is 23.3 Å². The number of rotatable bonds is 2. The maximum Gasteiger partial charge on any atom is 0.142 e. The van der Waals surface area contributed by atoms with Crippen LogP contribution < -0.4 is 9.80 Å². The van der Waals surface area contributed by atoms with Crippen LogP contribution >= 0.6 is 11.8 Å². The molecule has 0 radical (unpaired) electrons. The van der Waals surface area contributed by atoms with Crippen molar-refractivity contribution in [2.45, 2.75) is 30.8 Å². The van der Waals surface area contributed by atoms with Gasteiger partial charge in [0, 0.05) is 57.6 Å². The summed E-state index contributed by atoms with van der Waals surface area (Å²) in [5, 5.41) is 0. The number of piperazine rings is 2. The summed E-state index contributed by atoms with van der Waals surface area (Å²) in [6, 6.07) is 3.63. The van der Waals surface area contributed by atoms with Crippen LogP contribution in [0.5, 0.6) is 0 Å². The van der Waals surface area contributed by atoms with Gasteiger partial charge in [-0.25, -0.2) is 4.98 Å². The topological polar surface area (TPSA) is 25.9 Å². The van der Waals surface area contributed by atoms with E-state index in [1.807, 2.05) is 11.8 Å². The molecule has 6 heteroatoms. The zero-order valence-electron chi connectivity index (χ0n) is 15.1. The second-order valence-corrected chi connectivity index (χ2v) is 8.61. The first kappa shape index (κ1) is 16.5. The number of thioether (sulfide) groups is 1. The van der Waals surface area contributed by atoms with Crippen molar-refractivity contribution in [3.05, 3.63) is 12.3 Å². The molecule has 1 aromatic rings. The van der Waals surface area contributed by atoms with Gasteiger partial charge in [-0.05, 0) is 27.0 Å². The molecule has 0 spiro atoms. The molecule has 0 N–H and O–H groups in total. The molecule has 3 aliphatic heterocycles. The van der Waals surface area contributed by atoms with Crippen LogP contribution in [0.1, 0.15) is 13.8 Å². The van der Waals surface area contributed by atoms with Crippen molar-refractivity contribution < 1.29 is 0 Å². The summed E-state index contributed by atoms with van der Waals surface area (Å²) in [6.07, 6.45) is 2.10. The molecule has 4 heterocycles. The predicted octanol–water partition coefficient (Wildman–Crippen LogP) is 1.84. The molecule has 4 rings (SSSR count). The van der Waals surface area contributed by atoms with Crippen LogP contribution in [0, 0.1) is 0 Å². The summed E-state index contributed by atoms with van der Waals surface area (Å²) in [4.78, 5) is 16.3. The van der Waals surface area contributed by atoms with Crippen LogP contribution in [-0.4, -0.2) is 85.5 Å². The minimum absolute atomic E-state index is 0.612. The number of aromatic nitrogens is 1. The molecule has 3 aliphatic rings. The first-order valence-corrected chi connectivity index (χ1v) is 10.2. The minimum Gasteiger partial charge on any atom is -0.368 e. The summed E-state index contributed by atoms with van der Waals surface area (Å²) in [5.41, 5.74) is 1.30. The third-order valence-electron chi connectivity index (χ3n) is 5.63. The van der Waals surface area contributed by atoms with Gasteiger partial charge in [0.1, 0.15) is 5.82 Å². The van der Waals surface area contributed by atoms with E-state index in [9.17, 15) is 0 Å². The second kappa shape index (κ2) is 6.73. The standard InChI is InChI=1S/C18H29N5S/c1-14(2)22-8-9-23-16(12-22)13-24-17-10-15(11-19-18(17)23)21-6-4-20(3)5-7-21/h10-11,14,16H,4-9,12-13H2,1-3H3/t16-/m0/s1. The lowest BCUT2D eigenvalue weighted by atomic mass is 10.1. The third kappa shape index (κ3) is 3.11. The molecule has 24 heavy (non-hydrogen) atoms. The Morgan fingerprint density at radius 2 is 1.92 bits per heavy atom. The lowest BCUT2D eigenvalue weighted by molar-refractivity contribution is 0.185. The van der Waals surface area contributed by atoms with E-state index in [0.717, 1.165) is 39.3 Å². The molecule has 2 saturated heterocycles. The lowest BCUT2D eigenvalue weighted by Crippen LogP contribution is -2.57. The van der Waals surface area contributed by atoms with Crippen LogP contribution in [0.25, 0.3) is 0 Å². The highest BCUT2D eigenvalue weighted by atomic mass is 32.2. The number of hydrogen-bond donors (Lipinski definition) is 0. The smallest absolute Gasteiger partial charge is 0.142 e. The predicted molar refractivity (Wildman–Crippen MR) is 103 cm³/mol. The van der Waals surface area contributed by atoms with Gasteiger partial charge in [0.2, 0.25) is 0 Å². The number of nitrogens with zero attached hydrogens (tertiary/aromatic N) is 5. The normalized spacial score (nSPS) is 25.8. The van der Waals surface area contributed by atoms with Crippen molar-refractivity contribution in [2.24, 2.45) is 0 Å². The van der Waals surface area contributed by atoms with Crippen molar-refractivity contribution in [2.75, 3.05) is 68.4 Å². The monoisotopic (exact) mass is 347 g/mol. The molecular weight excluding hydrogens is 318 g/mol.